The lowest BCUT2D eigenvalue weighted by molar-refractivity contribution is 0.0470. The molecule has 1 N–H and O–H groups in total. The van der Waals surface area contributed by atoms with Crippen LogP contribution in [-0.2, 0) is 12.0 Å². The number of rotatable bonds is 4. The summed E-state index contributed by atoms with van der Waals surface area (Å²) in [6.07, 6.45) is 1.83. The van der Waals surface area contributed by atoms with Crippen LogP contribution in [-0.4, -0.2) is 19.2 Å². The van der Waals surface area contributed by atoms with Crippen LogP contribution in [0.15, 0.2) is 4.42 Å². The molecule has 0 aliphatic carbocycles. The number of halogens is 1. The van der Waals surface area contributed by atoms with E-state index < -0.39 is 5.60 Å². The number of aromatic nitrogens is 2. The SMILES string of the molecule is CCC(I)Cc1nnc(C(C)(C)O)o1. The normalized spacial score (nSPS) is 14.4. The van der Waals surface area contributed by atoms with Gasteiger partial charge >= 0.3 is 0 Å². The van der Waals surface area contributed by atoms with E-state index in [1.807, 2.05) is 0 Å². The fourth-order valence-corrected chi connectivity index (χ4v) is 1.29. The summed E-state index contributed by atoms with van der Waals surface area (Å²) in [4.78, 5) is 0. The highest BCUT2D eigenvalue weighted by molar-refractivity contribution is 14.1. The second kappa shape index (κ2) is 4.57. The molecular weight excluding hydrogens is 295 g/mol. The Morgan fingerprint density at radius 3 is 2.57 bits per heavy atom. The quantitative estimate of drug-likeness (QED) is 0.683. The topological polar surface area (TPSA) is 59.2 Å². The Morgan fingerprint density at radius 1 is 1.50 bits per heavy atom. The summed E-state index contributed by atoms with van der Waals surface area (Å²) in [7, 11) is 0. The van der Waals surface area contributed by atoms with E-state index in [4.69, 9.17) is 4.42 Å². The van der Waals surface area contributed by atoms with Crippen molar-refractivity contribution in [2.75, 3.05) is 0 Å². The van der Waals surface area contributed by atoms with Gasteiger partial charge in [0, 0.05) is 10.3 Å². The molecule has 14 heavy (non-hydrogen) atoms. The molecule has 0 spiro atoms. The number of alkyl halides is 1. The smallest absolute Gasteiger partial charge is 0.247 e. The Labute approximate surface area is 97.2 Å². The first kappa shape index (κ1) is 11.9. The number of nitrogens with zero attached hydrogens (tertiary/aromatic N) is 2. The third-order valence-electron chi connectivity index (χ3n) is 1.83. The minimum atomic E-state index is -1.04. The molecule has 0 saturated heterocycles. The number of hydrogen-bond donors (Lipinski definition) is 1. The zero-order valence-electron chi connectivity index (χ0n) is 8.62. The summed E-state index contributed by atoms with van der Waals surface area (Å²) in [5.41, 5.74) is -1.04. The number of aliphatic hydroxyl groups is 1. The van der Waals surface area contributed by atoms with Gasteiger partial charge in [-0.25, -0.2) is 0 Å². The molecule has 5 heteroatoms. The molecule has 0 radical (unpaired) electrons. The van der Waals surface area contributed by atoms with E-state index in [-0.39, 0.29) is 5.89 Å². The van der Waals surface area contributed by atoms with Crippen molar-refractivity contribution >= 4 is 22.6 Å². The molecule has 4 nitrogen and oxygen atoms in total. The molecule has 80 valence electrons. The van der Waals surface area contributed by atoms with Gasteiger partial charge in [0.25, 0.3) is 0 Å². The predicted octanol–water partition coefficient (Wildman–Crippen LogP) is 2.05. The Hall–Kier alpha value is -0.170. The summed E-state index contributed by atoms with van der Waals surface area (Å²) in [5, 5.41) is 17.3. The van der Waals surface area contributed by atoms with Crippen molar-refractivity contribution in [3.8, 4) is 0 Å². The van der Waals surface area contributed by atoms with Gasteiger partial charge in [0.15, 0.2) is 0 Å². The van der Waals surface area contributed by atoms with Gasteiger partial charge in [0.1, 0.15) is 5.60 Å². The van der Waals surface area contributed by atoms with Crippen LogP contribution in [0.1, 0.15) is 39.0 Å². The third-order valence-corrected chi connectivity index (χ3v) is 3.15. The van der Waals surface area contributed by atoms with Crippen molar-refractivity contribution in [2.45, 2.75) is 43.1 Å². The monoisotopic (exact) mass is 310 g/mol. The summed E-state index contributed by atoms with van der Waals surface area (Å²) >= 11 is 2.35. The highest BCUT2D eigenvalue weighted by Gasteiger charge is 2.23. The lowest BCUT2D eigenvalue weighted by Gasteiger charge is -2.10. The van der Waals surface area contributed by atoms with Crippen LogP contribution in [0.4, 0.5) is 0 Å². The van der Waals surface area contributed by atoms with Crippen LogP contribution in [0.5, 0.6) is 0 Å². The molecule has 0 aromatic carbocycles. The van der Waals surface area contributed by atoms with Crippen molar-refractivity contribution in [3.63, 3.8) is 0 Å². The summed E-state index contributed by atoms with van der Waals surface area (Å²) in [5.74, 6) is 0.885. The predicted molar refractivity (Wildman–Crippen MR) is 61.3 cm³/mol. The van der Waals surface area contributed by atoms with E-state index in [2.05, 4.69) is 39.7 Å². The van der Waals surface area contributed by atoms with Crippen LogP contribution in [0.25, 0.3) is 0 Å². The Balaban J connectivity index is 2.69. The van der Waals surface area contributed by atoms with Crippen molar-refractivity contribution in [3.05, 3.63) is 11.8 Å². The maximum atomic E-state index is 9.60. The summed E-state index contributed by atoms with van der Waals surface area (Å²) < 4.78 is 5.85. The highest BCUT2D eigenvalue weighted by Crippen LogP contribution is 2.19. The van der Waals surface area contributed by atoms with Crippen LogP contribution in [0.2, 0.25) is 0 Å². The van der Waals surface area contributed by atoms with Gasteiger partial charge in [-0.05, 0) is 20.3 Å². The Morgan fingerprint density at radius 2 is 2.14 bits per heavy atom. The first-order valence-corrected chi connectivity index (χ1v) is 5.87. The minimum absolute atomic E-state index is 0.284. The Kier molecular flexibility index (Phi) is 3.88. The van der Waals surface area contributed by atoms with E-state index in [0.29, 0.717) is 9.82 Å². The molecule has 0 aliphatic heterocycles. The zero-order chi connectivity index (χ0) is 10.8. The van der Waals surface area contributed by atoms with Crippen molar-refractivity contribution in [1.29, 1.82) is 0 Å². The van der Waals surface area contributed by atoms with E-state index in [0.717, 1.165) is 12.8 Å². The van der Waals surface area contributed by atoms with Gasteiger partial charge < -0.3 is 9.52 Å². The van der Waals surface area contributed by atoms with Crippen molar-refractivity contribution < 1.29 is 9.52 Å². The fourth-order valence-electron chi connectivity index (χ4n) is 0.917. The first-order chi connectivity index (χ1) is 6.43. The van der Waals surface area contributed by atoms with Crippen molar-refractivity contribution in [2.24, 2.45) is 0 Å². The molecule has 0 saturated carbocycles. The largest absolute Gasteiger partial charge is 0.422 e. The van der Waals surface area contributed by atoms with Gasteiger partial charge in [0.2, 0.25) is 11.8 Å². The second-order valence-corrected chi connectivity index (χ2v) is 5.53. The van der Waals surface area contributed by atoms with E-state index >= 15 is 0 Å². The molecule has 1 heterocycles. The minimum Gasteiger partial charge on any atom is -0.422 e. The molecule has 1 aromatic heterocycles. The van der Waals surface area contributed by atoms with Gasteiger partial charge in [0.05, 0.1) is 0 Å². The van der Waals surface area contributed by atoms with Crippen LogP contribution >= 0.6 is 22.6 Å². The molecular formula is C9H15IN2O2. The van der Waals surface area contributed by atoms with Gasteiger partial charge in [-0.1, -0.05) is 29.5 Å². The van der Waals surface area contributed by atoms with E-state index in [9.17, 15) is 5.11 Å². The third kappa shape index (κ3) is 3.20. The summed E-state index contributed by atoms with van der Waals surface area (Å²) in [6.45, 7) is 5.38. The molecule has 1 aromatic rings. The van der Waals surface area contributed by atoms with E-state index in [1.54, 1.807) is 13.8 Å². The molecule has 0 fully saturated rings. The van der Waals surface area contributed by atoms with Crippen LogP contribution in [0, 0.1) is 0 Å². The highest BCUT2D eigenvalue weighted by atomic mass is 127. The van der Waals surface area contributed by atoms with E-state index in [1.165, 1.54) is 0 Å². The van der Waals surface area contributed by atoms with Gasteiger partial charge in [-0.15, -0.1) is 10.2 Å². The van der Waals surface area contributed by atoms with Crippen LogP contribution < -0.4 is 0 Å². The van der Waals surface area contributed by atoms with Crippen LogP contribution in [0.3, 0.4) is 0 Å². The lowest BCUT2D eigenvalue weighted by atomic mass is 10.1. The fraction of sp³-hybridized carbons (Fsp3) is 0.778. The van der Waals surface area contributed by atoms with Gasteiger partial charge in [-0.3, -0.25) is 0 Å². The molecule has 1 rings (SSSR count). The average Bonchev–Trinajstić information content (AvgIpc) is 2.51. The van der Waals surface area contributed by atoms with Gasteiger partial charge in [-0.2, -0.15) is 0 Å². The summed E-state index contributed by atoms with van der Waals surface area (Å²) in [6, 6.07) is 0. The van der Waals surface area contributed by atoms with Crippen molar-refractivity contribution in [1.82, 2.24) is 10.2 Å². The second-order valence-electron chi connectivity index (χ2n) is 3.77. The number of hydrogen-bond acceptors (Lipinski definition) is 4. The maximum absolute atomic E-state index is 9.60. The molecule has 1 unspecified atom stereocenters. The molecule has 0 aliphatic rings. The molecule has 1 atom stereocenters. The molecule has 0 bridgehead atoms. The zero-order valence-corrected chi connectivity index (χ0v) is 10.8. The Bertz CT molecular complexity index is 293. The maximum Gasteiger partial charge on any atom is 0.247 e. The molecule has 0 amide bonds. The first-order valence-electron chi connectivity index (χ1n) is 4.62. The average molecular weight is 310 g/mol. The standard InChI is InChI=1S/C9H15IN2O2/c1-4-6(10)5-7-11-12-8(14-7)9(2,3)13/h6,13H,4-5H2,1-3H3. The lowest BCUT2D eigenvalue weighted by Crippen LogP contribution is -2.15.